The highest BCUT2D eigenvalue weighted by molar-refractivity contribution is 8.07. The van der Waals surface area contributed by atoms with Crippen LogP contribution in [0.25, 0.3) is 0 Å². The van der Waals surface area contributed by atoms with E-state index < -0.39 is 23.5 Å². The van der Waals surface area contributed by atoms with E-state index in [2.05, 4.69) is 10.3 Å². The largest absolute Gasteiger partial charge is 0.448 e. The number of aromatic nitrogens is 1. The quantitative estimate of drug-likeness (QED) is 0.203. The molecular weight excluding hydrogens is 575 g/mol. The number of nitrogens with one attached hydrogen (secondary N) is 1. The third-order valence-electron chi connectivity index (χ3n) is 6.70. The minimum Gasteiger partial charge on any atom is -0.448 e. The van der Waals surface area contributed by atoms with Crippen molar-refractivity contribution in [3.05, 3.63) is 130 Å². The van der Waals surface area contributed by atoms with Gasteiger partial charge in [0.15, 0.2) is 10.4 Å². The summed E-state index contributed by atoms with van der Waals surface area (Å²) in [6.45, 7) is 0. The van der Waals surface area contributed by atoms with E-state index in [0.717, 1.165) is 21.0 Å². The van der Waals surface area contributed by atoms with Crippen molar-refractivity contribution in [3.63, 3.8) is 0 Å². The Hall–Kier alpha value is -3.86. The Labute approximate surface area is 250 Å². The zero-order valence-corrected chi connectivity index (χ0v) is 24.2. The topological polar surface area (TPSA) is 88.6 Å². The molecule has 10 heteroatoms. The molecule has 2 amide bonds. The number of carbonyl (C=O) groups excluding carboxylic acids is 3. The molecule has 1 fully saturated rings. The average molecular weight is 600 g/mol. The van der Waals surface area contributed by atoms with E-state index in [4.69, 9.17) is 4.74 Å². The lowest BCUT2D eigenvalue weighted by Crippen LogP contribution is -2.70. The van der Waals surface area contributed by atoms with E-state index in [0.29, 0.717) is 10.7 Å². The van der Waals surface area contributed by atoms with E-state index >= 15 is 0 Å². The lowest BCUT2D eigenvalue weighted by molar-refractivity contribution is -0.154. The van der Waals surface area contributed by atoms with Crippen LogP contribution in [-0.4, -0.2) is 44.8 Å². The molecule has 0 saturated carbocycles. The molecule has 3 heterocycles. The second kappa shape index (κ2) is 12.3. The molecule has 0 radical (unpaired) electrons. The predicted molar refractivity (Wildman–Crippen MR) is 161 cm³/mol. The highest BCUT2D eigenvalue weighted by Crippen LogP contribution is 2.46. The molecule has 2 aliphatic heterocycles. The predicted octanol–water partition coefficient (Wildman–Crippen LogP) is 5.42. The third-order valence-corrected chi connectivity index (χ3v) is 10.1. The minimum atomic E-state index is -0.718. The number of thiazole rings is 1. The molecule has 2 atom stereocenters. The number of hydrogen-bond donors (Lipinski definition) is 1. The number of benzene rings is 3. The van der Waals surface area contributed by atoms with E-state index in [1.165, 1.54) is 39.8 Å². The lowest BCUT2D eigenvalue weighted by atomic mass is 10.0. The van der Waals surface area contributed by atoms with Crippen LogP contribution in [-0.2, 0) is 25.5 Å². The summed E-state index contributed by atoms with van der Waals surface area (Å²) in [5, 5.41) is 4.35. The van der Waals surface area contributed by atoms with E-state index in [1.54, 1.807) is 6.20 Å². The van der Waals surface area contributed by atoms with E-state index in [9.17, 15) is 14.4 Å². The highest BCUT2D eigenvalue weighted by atomic mass is 32.2. The van der Waals surface area contributed by atoms with Gasteiger partial charge in [0, 0.05) is 22.2 Å². The second-order valence-corrected chi connectivity index (χ2v) is 12.7. The van der Waals surface area contributed by atoms with Gasteiger partial charge in [-0.15, -0.1) is 23.1 Å². The number of β-lactam (4-membered cyclic amide) rings is 1. The molecule has 0 spiro atoms. The van der Waals surface area contributed by atoms with Gasteiger partial charge >= 0.3 is 5.97 Å². The summed E-state index contributed by atoms with van der Waals surface area (Å²) in [5.41, 5.74) is 2.72. The SMILES string of the molecule is O=C(Cc1ccccc1)N[C@@H]1C(=O)N2C(C(=O)OC(c3ccccc3)c3ccccc3)=C(Sc3nccs3)CS[C@@H]12. The monoisotopic (exact) mass is 599 g/mol. The molecular formula is C31H25N3O4S3. The number of carbonyl (C=O) groups is 3. The number of nitrogens with zero attached hydrogens (tertiary/aromatic N) is 2. The van der Waals surface area contributed by atoms with Gasteiger partial charge in [-0.3, -0.25) is 14.5 Å². The molecule has 0 bridgehead atoms. The van der Waals surface area contributed by atoms with Gasteiger partial charge in [0.25, 0.3) is 5.91 Å². The van der Waals surface area contributed by atoms with Gasteiger partial charge in [0.05, 0.1) is 6.42 Å². The van der Waals surface area contributed by atoms with Gasteiger partial charge in [-0.25, -0.2) is 9.78 Å². The molecule has 41 heavy (non-hydrogen) atoms. The van der Waals surface area contributed by atoms with Crippen LogP contribution in [0.3, 0.4) is 0 Å². The Bertz CT molecular complexity index is 1520. The Kier molecular flexibility index (Phi) is 8.22. The molecule has 0 unspecified atom stereocenters. The Balaban J connectivity index is 1.27. The van der Waals surface area contributed by atoms with Crippen molar-refractivity contribution in [1.82, 2.24) is 15.2 Å². The molecule has 2 aliphatic rings. The van der Waals surface area contributed by atoms with Crippen molar-refractivity contribution in [1.29, 1.82) is 0 Å². The van der Waals surface area contributed by atoms with E-state index in [-0.39, 0.29) is 23.9 Å². The minimum absolute atomic E-state index is 0.174. The molecule has 1 aromatic heterocycles. The molecule has 3 aromatic carbocycles. The zero-order chi connectivity index (χ0) is 28.2. The van der Waals surface area contributed by atoms with Crippen LogP contribution in [0, 0.1) is 0 Å². The van der Waals surface area contributed by atoms with Crippen molar-refractivity contribution in [2.24, 2.45) is 0 Å². The number of amides is 2. The maximum Gasteiger partial charge on any atom is 0.356 e. The summed E-state index contributed by atoms with van der Waals surface area (Å²) in [5.74, 6) is -0.674. The molecule has 7 nitrogen and oxygen atoms in total. The molecule has 1 N–H and O–H groups in total. The van der Waals surface area contributed by atoms with Gasteiger partial charge < -0.3 is 10.1 Å². The number of hydrogen-bond acceptors (Lipinski definition) is 8. The Morgan fingerprint density at radius 1 is 0.976 bits per heavy atom. The smallest absolute Gasteiger partial charge is 0.356 e. The zero-order valence-electron chi connectivity index (χ0n) is 21.7. The van der Waals surface area contributed by atoms with Crippen LogP contribution in [0.4, 0.5) is 0 Å². The first kappa shape index (κ1) is 27.3. The van der Waals surface area contributed by atoms with Gasteiger partial charge in [0.2, 0.25) is 5.91 Å². The van der Waals surface area contributed by atoms with Gasteiger partial charge in [-0.2, -0.15) is 0 Å². The first-order valence-corrected chi connectivity index (χ1v) is 15.7. The summed E-state index contributed by atoms with van der Waals surface area (Å²) in [4.78, 5) is 46.8. The number of rotatable bonds is 9. The maximum atomic E-state index is 14.0. The Morgan fingerprint density at radius 2 is 1.61 bits per heavy atom. The number of ether oxygens (including phenoxy) is 1. The first-order chi connectivity index (χ1) is 20.1. The Morgan fingerprint density at radius 3 is 2.22 bits per heavy atom. The van der Waals surface area contributed by atoms with Crippen molar-refractivity contribution in [3.8, 4) is 0 Å². The number of thioether (sulfide) groups is 2. The van der Waals surface area contributed by atoms with Crippen LogP contribution in [0.5, 0.6) is 0 Å². The number of esters is 1. The van der Waals surface area contributed by atoms with Crippen molar-refractivity contribution < 1.29 is 19.1 Å². The summed E-state index contributed by atoms with van der Waals surface area (Å²) in [6, 6.07) is 27.7. The fourth-order valence-corrected chi connectivity index (χ4v) is 8.04. The van der Waals surface area contributed by atoms with Crippen molar-refractivity contribution in [2.45, 2.75) is 28.3 Å². The van der Waals surface area contributed by atoms with Crippen LogP contribution in [0.1, 0.15) is 22.8 Å². The van der Waals surface area contributed by atoms with Crippen LogP contribution >= 0.6 is 34.9 Å². The van der Waals surface area contributed by atoms with Crippen LogP contribution in [0.15, 0.2) is 118 Å². The summed E-state index contributed by atoms with van der Waals surface area (Å²) < 4.78 is 6.96. The molecule has 206 valence electrons. The highest BCUT2D eigenvalue weighted by Gasteiger charge is 2.54. The van der Waals surface area contributed by atoms with Crippen LogP contribution < -0.4 is 5.32 Å². The fourth-order valence-electron chi connectivity index (χ4n) is 4.78. The summed E-state index contributed by atoms with van der Waals surface area (Å²) in [7, 11) is 0. The average Bonchev–Trinajstić information content (AvgIpc) is 3.53. The molecule has 4 aromatic rings. The summed E-state index contributed by atoms with van der Waals surface area (Å²) >= 11 is 4.35. The standard InChI is InChI=1S/C31H25N3O4S3/c35-24(18-20-10-4-1-5-11-20)33-25-28(36)34-26(23(19-40-29(25)34)41-31-32-16-17-39-31)30(37)38-27(21-12-6-2-7-13-21)22-14-8-3-9-15-22/h1-17,25,27,29H,18-19H2,(H,33,35)/t25-,29+/m1/s1. The lowest BCUT2D eigenvalue weighted by Gasteiger charge is -2.49. The molecule has 6 rings (SSSR count). The molecule has 0 aliphatic carbocycles. The third kappa shape index (κ3) is 5.95. The second-order valence-electron chi connectivity index (χ2n) is 9.40. The fraction of sp³-hybridized carbons (Fsp3) is 0.161. The normalized spacial score (nSPS) is 18.1. The maximum absolute atomic E-state index is 14.0. The van der Waals surface area contributed by atoms with Gasteiger partial charge in [0.1, 0.15) is 17.1 Å². The first-order valence-electron chi connectivity index (χ1n) is 13.0. The van der Waals surface area contributed by atoms with Crippen LogP contribution in [0.2, 0.25) is 0 Å². The molecule has 1 saturated heterocycles. The number of fused-ring (bicyclic) bond motifs is 1. The van der Waals surface area contributed by atoms with Gasteiger partial charge in [-0.1, -0.05) is 103 Å². The van der Waals surface area contributed by atoms with Crippen molar-refractivity contribution in [2.75, 3.05) is 5.75 Å². The van der Waals surface area contributed by atoms with Gasteiger partial charge in [-0.05, 0) is 16.7 Å². The summed E-state index contributed by atoms with van der Waals surface area (Å²) in [6.07, 6.45) is 1.22. The van der Waals surface area contributed by atoms with Crippen molar-refractivity contribution >= 4 is 52.6 Å². The van der Waals surface area contributed by atoms with E-state index in [1.807, 2.05) is 96.4 Å².